The highest BCUT2D eigenvalue weighted by atomic mass is 16.5. The number of ether oxygens (including phenoxy) is 1. The van der Waals surface area contributed by atoms with Crippen molar-refractivity contribution in [3.8, 4) is 0 Å². The molecule has 2 aromatic rings. The lowest BCUT2D eigenvalue weighted by Gasteiger charge is -2.37. The highest BCUT2D eigenvalue weighted by Crippen LogP contribution is 2.65. The third-order valence-corrected chi connectivity index (χ3v) is 7.61. The average molecular weight is 442 g/mol. The molecule has 166 valence electrons. The molecule has 33 heavy (non-hydrogen) atoms. The van der Waals surface area contributed by atoms with E-state index in [4.69, 9.17) is 0 Å². The summed E-state index contributed by atoms with van der Waals surface area (Å²) in [5.74, 6) is -0.00676. The maximum Gasteiger partial charge on any atom is 0.337 e. The fourth-order valence-corrected chi connectivity index (χ4v) is 5.98. The van der Waals surface area contributed by atoms with Gasteiger partial charge in [0.25, 0.3) is 5.91 Å². The summed E-state index contributed by atoms with van der Waals surface area (Å²) in [4.78, 5) is 51.9. The van der Waals surface area contributed by atoms with Gasteiger partial charge < -0.3 is 10.1 Å². The molecule has 6 atom stereocenters. The summed E-state index contributed by atoms with van der Waals surface area (Å²) in [6.07, 6.45) is 5.44. The second-order valence-electron chi connectivity index (χ2n) is 9.24. The Balaban J connectivity index is 1.18. The molecule has 5 aliphatic rings. The number of imide groups is 1. The number of nitrogens with one attached hydrogen (secondary N) is 1. The molecule has 0 radical (unpaired) electrons. The second kappa shape index (κ2) is 7.13. The fourth-order valence-electron chi connectivity index (χ4n) is 5.98. The van der Waals surface area contributed by atoms with Crippen LogP contribution in [0.25, 0.3) is 0 Å². The molecule has 1 heterocycles. The van der Waals surface area contributed by atoms with E-state index in [1.54, 1.807) is 48.5 Å². The summed E-state index contributed by atoms with van der Waals surface area (Å²) >= 11 is 0. The number of rotatable bonds is 4. The molecule has 1 aliphatic heterocycles. The van der Waals surface area contributed by atoms with Crippen LogP contribution in [0.2, 0.25) is 0 Å². The van der Waals surface area contributed by atoms with Gasteiger partial charge in [-0.25, -0.2) is 4.79 Å². The Kier molecular flexibility index (Phi) is 4.30. The van der Waals surface area contributed by atoms with Gasteiger partial charge in [0.05, 0.1) is 30.2 Å². The average Bonchev–Trinajstić information content (AvgIpc) is 3.62. The Morgan fingerprint density at radius 2 is 1.39 bits per heavy atom. The standard InChI is InChI=1S/C26H22N2O5/c1-33-26(32)14-2-6-15(7-3-14)27-23(29)13-4-8-16(9-5-13)28-24(30)21-17-10-11-18(20-12-19(17)20)22(21)25(28)31/h2-11,17-22H,12H2,1H3,(H,27,29)/t17-,18+,19-,20-,21+,22-/m1/s1. The minimum Gasteiger partial charge on any atom is -0.465 e. The van der Waals surface area contributed by atoms with Gasteiger partial charge in [-0.3, -0.25) is 19.3 Å². The molecule has 7 rings (SSSR count). The summed E-state index contributed by atoms with van der Waals surface area (Å²) in [5, 5.41) is 2.77. The lowest BCUT2D eigenvalue weighted by Crippen LogP contribution is -2.40. The molecule has 3 amide bonds. The predicted molar refractivity (Wildman–Crippen MR) is 119 cm³/mol. The van der Waals surface area contributed by atoms with Crippen LogP contribution in [0.5, 0.6) is 0 Å². The largest absolute Gasteiger partial charge is 0.465 e. The highest BCUT2D eigenvalue weighted by molar-refractivity contribution is 6.22. The maximum absolute atomic E-state index is 13.2. The number of benzene rings is 2. The van der Waals surface area contributed by atoms with Gasteiger partial charge in [-0.2, -0.15) is 0 Å². The number of nitrogens with zero attached hydrogens (tertiary/aromatic N) is 1. The van der Waals surface area contributed by atoms with E-state index in [2.05, 4.69) is 22.2 Å². The number of hydrogen-bond acceptors (Lipinski definition) is 5. The lowest BCUT2D eigenvalue weighted by molar-refractivity contribution is -0.124. The van der Waals surface area contributed by atoms with E-state index in [0.717, 1.165) is 6.42 Å². The molecule has 1 N–H and O–H groups in total. The van der Waals surface area contributed by atoms with E-state index in [9.17, 15) is 19.2 Å². The van der Waals surface area contributed by atoms with Crippen LogP contribution in [-0.2, 0) is 14.3 Å². The number of carbonyl (C=O) groups excluding carboxylic acids is 4. The van der Waals surface area contributed by atoms with Crippen molar-refractivity contribution in [3.05, 3.63) is 71.8 Å². The van der Waals surface area contributed by atoms with Crippen molar-refractivity contribution in [1.29, 1.82) is 0 Å². The van der Waals surface area contributed by atoms with Crippen molar-refractivity contribution in [2.45, 2.75) is 6.42 Å². The number of allylic oxidation sites excluding steroid dienone is 2. The van der Waals surface area contributed by atoms with Gasteiger partial charge in [0.15, 0.2) is 0 Å². The summed E-state index contributed by atoms with van der Waals surface area (Å²) in [5.41, 5.74) is 1.83. The Labute approximate surface area is 190 Å². The number of carbonyl (C=O) groups is 4. The first kappa shape index (κ1) is 19.9. The number of esters is 1. The highest BCUT2D eigenvalue weighted by Gasteiger charge is 2.67. The van der Waals surface area contributed by atoms with E-state index in [1.165, 1.54) is 12.0 Å². The molecule has 4 aliphatic carbocycles. The Morgan fingerprint density at radius 1 is 0.848 bits per heavy atom. The summed E-state index contributed by atoms with van der Waals surface area (Å²) < 4.78 is 4.67. The van der Waals surface area contributed by atoms with E-state index < -0.39 is 5.97 Å². The van der Waals surface area contributed by atoms with Gasteiger partial charge in [-0.05, 0) is 78.6 Å². The van der Waals surface area contributed by atoms with Crippen LogP contribution in [0.4, 0.5) is 11.4 Å². The van der Waals surface area contributed by atoms with Crippen LogP contribution in [0, 0.1) is 35.5 Å². The van der Waals surface area contributed by atoms with Gasteiger partial charge in [0, 0.05) is 11.3 Å². The maximum atomic E-state index is 13.2. The molecular weight excluding hydrogens is 420 g/mol. The minimum absolute atomic E-state index is 0.113. The molecule has 0 aromatic heterocycles. The zero-order valence-electron chi connectivity index (χ0n) is 17.9. The fraction of sp³-hybridized carbons (Fsp3) is 0.308. The zero-order chi connectivity index (χ0) is 22.9. The first-order valence-corrected chi connectivity index (χ1v) is 11.1. The van der Waals surface area contributed by atoms with Gasteiger partial charge in [-0.1, -0.05) is 12.2 Å². The first-order valence-electron chi connectivity index (χ1n) is 11.1. The predicted octanol–water partition coefficient (Wildman–Crippen LogP) is 3.28. The molecule has 0 spiro atoms. The van der Waals surface area contributed by atoms with Crippen molar-refractivity contribution < 1.29 is 23.9 Å². The Bertz CT molecular complexity index is 1180. The summed E-state index contributed by atoms with van der Waals surface area (Å²) in [6, 6.07) is 12.9. The SMILES string of the molecule is COC(=O)c1ccc(NC(=O)c2ccc(N3C(=O)[C@@H]4[C@H]5C=C[C@H]([C@H]6C[C@H]56)[C@@H]4C3=O)cc2)cc1. The molecule has 3 fully saturated rings. The summed E-state index contributed by atoms with van der Waals surface area (Å²) in [7, 11) is 1.31. The van der Waals surface area contributed by atoms with Crippen LogP contribution in [0.15, 0.2) is 60.7 Å². The van der Waals surface area contributed by atoms with Crippen molar-refractivity contribution >= 4 is 35.1 Å². The molecule has 2 aromatic carbocycles. The van der Waals surface area contributed by atoms with Crippen molar-refractivity contribution in [3.63, 3.8) is 0 Å². The quantitative estimate of drug-likeness (QED) is 0.446. The van der Waals surface area contributed by atoms with E-state index in [0.29, 0.717) is 34.3 Å². The van der Waals surface area contributed by atoms with Gasteiger partial charge in [0.2, 0.25) is 11.8 Å². The number of hydrogen-bond donors (Lipinski definition) is 1. The van der Waals surface area contributed by atoms with Crippen molar-refractivity contribution in [1.82, 2.24) is 0 Å². The van der Waals surface area contributed by atoms with Crippen molar-refractivity contribution in [2.24, 2.45) is 35.5 Å². The zero-order valence-corrected chi connectivity index (χ0v) is 17.9. The van der Waals surface area contributed by atoms with Gasteiger partial charge in [0.1, 0.15) is 0 Å². The number of methoxy groups -OCH3 is 1. The van der Waals surface area contributed by atoms with Gasteiger partial charge >= 0.3 is 5.97 Å². The third kappa shape index (κ3) is 2.95. The smallest absolute Gasteiger partial charge is 0.337 e. The van der Waals surface area contributed by atoms with Crippen LogP contribution in [-0.4, -0.2) is 30.8 Å². The van der Waals surface area contributed by atoms with Crippen LogP contribution >= 0.6 is 0 Å². The Hall–Kier alpha value is -3.74. The number of amides is 3. The second-order valence-corrected chi connectivity index (χ2v) is 9.24. The van der Waals surface area contributed by atoms with Crippen LogP contribution < -0.4 is 10.2 Å². The number of anilines is 2. The first-order chi connectivity index (χ1) is 16.0. The molecule has 7 heteroatoms. The van der Waals surface area contributed by atoms with Gasteiger partial charge in [-0.15, -0.1) is 0 Å². The van der Waals surface area contributed by atoms with E-state index >= 15 is 0 Å². The van der Waals surface area contributed by atoms with Crippen LogP contribution in [0.3, 0.4) is 0 Å². The Morgan fingerprint density at radius 3 is 1.94 bits per heavy atom. The molecule has 0 unspecified atom stereocenters. The molecule has 1 saturated heterocycles. The molecule has 2 bridgehead atoms. The summed E-state index contributed by atoms with van der Waals surface area (Å²) in [6.45, 7) is 0. The third-order valence-electron chi connectivity index (χ3n) is 7.61. The molecule has 7 nitrogen and oxygen atoms in total. The normalized spacial score (nSPS) is 30.6. The lowest BCUT2D eigenvalue weighted by atomic mass is 9.63. The molecular formula is C26H22N2O5. The monoisotopic (exact) mass is 442 g/mol. The van der Waals surface area contributed by atoms with E-state index in [-0.39, 0.29) is 41.4 Å². The van der Waals surface area contributed by atoms with Crippen LogP contribution in [0.1, 0.15) is 27.1 Å². The van der Waals surface area contributed by atoms with Crippen molar-refractivity contribution in [2.75, 3.05) is 17.3 Å². The molecule has 2 saturated carbocycles. The van der Waals surface area contributed by atoms with E-state index in [1.807, 2.05) is 0 Å². The minimum atomic E-state index is -0.449. The topological polar surface area (TPSA) is 92.8 Å².